The van der Waals surface area contributed by atoms with E-state index in [2.05, 4.69) is 11.1 Å². The van der Waals surface area contributed by atoms with Crippen molar-refractivity contribution < 1.29 is 4.39 Å². The molecule has 3 rings (SSSR count). The van der Waals surface area contributed by atoms with Crippen LogP contribution in [-0.4, -0.2) is 16.5 Å². The summed E-state index contributed by atoms with van der Waals surface area (Å²) in [5.74, 6) is 2.08. The fourth-order valence-electron chi connectivity index (χ4n) is 2.66. The Morgan fingerprint density at radius 2 is 2.32 bits per heavy atom. The van der Waals surface area contributed by atoms with Gasteiger partial charge in [0, 0.05) is 23.8 Å². The van der Waals surface area contributed by atoms with Crippen molar-refractivity contribution in [2.75, 3.05) is 0 Å². The molecule has 0 unspecified atom stereocenters. The molecule has 0 spiro atoms. The zero-order valence-electron chi connectivity index (χ0n) is 10.7. The van der Waals surface area contributed by atoms with Gasteiger partial charge in [0.15, 0.2) is 0 Å². The fourth-order valence-corrected chi connectivity index (χ4v) is 2.66. The number of nitriles is 1. The van der Waals surface area contributed by atoms with E-state index in [1.165, 1.54) is 12.1 Å². The third-order valence-electron chi connectivity index (χ3n) is 3.73. The number of aryl methyl sites for hydroxylation is 1. The lowest BCUT2D eigenvalue weighted by atomic mass is 9.45. The second-order valence-electron chi connectivity index (χ2n) is 4.97. The summed E-state index contributed by atoms with van der Waals surface area (Å²) >= 11 is 0. The second-order valence-corrected chi connectivity index (χ2v) is 4.97. The Labute approximate surface area is 111 Å². The summed E-state index contributed by atoms with van der Waals surface area (Å²) in [6.45, 7) is 2.84. The monoisotopic (exact) mass is 253 g/mol. The average Bonchev–Trinajstić information content (AvgIpc) is 2.76. The Bertz CT molecular complexity index is 672. The summed E-state index contributed by atoms with van der Waals surface area (Å²) in [4.78, 5) is 0. The van der Waals surface area contributed by atoms with Gasteiger partial charge < -0.3 is 0 Å². The van der Waals surface area contributed by atoms with E-state index >= 15 is 0 Å². The number of benzene rings is 1. The van der Waals surface area contributed by atoms with Crippen molar-refractivity contribution in [1.82, 2.24) is 9.78 Å². The van der Waals surface area contributed by atoms with Crippen LogP contribution >= 0.6 is 0 Å². The van der Waals surface area contributed by atoms with E-state index in [1.54, 1.807) is 6.07 Å². The molecule has 0 radical (unpaired) electrons. The summed E-state index contributed by atoms with van der Waals surface area (Å²) in [5, 5.41) is 13.6. The van der Waals surface area contributed by atoms with E-state index < -0.39 is 0 Å². The largest absolute Gasteiger partial charge is 0.275 e. The van der Waals surface area contributed by atoms with Crippen LogP contribution < -0.4 is 0 Å². The highest BCUT2D eigenvalue weighted by Gasteiger charge is 2.26. The Hall–Kier alpha value is -2.09. The molecule has 0 aliphatic carbocycles. The predicted molar refractivity (Wildman–Crippen MR) is 72.2 cm³/mol. The minimum Gasteiger partial charge on any atom is -0.270 e. The molecule has 0 N–H and O–H groups in total. The van der Waals surface area contributed by atoms with Crippen LogP contribution in [0.15, 0.2) is 24.3 Å². The number of rotatable bonds is 1. The molecule has 0 bridgehead atoms. The molecule has 0 atom stereocenters. The van der Waals surface area contributed by atoms with Gasteiger partial charge in [-0.15, -0.1) is 0 Å². The lowest BCUT2D eigenvalue weighted by Gasteiger charge is -2.15. The Morgan fingerprint density at radius 3 is 3.05 bits per heavy atom. The third kappa shape index (κ3) is 2.03. The van der Waals surface area contributed by atoms with Gasteiger partial charge in [0.05, 0.1) is 5.69 Å². The predicted octanol–water partition coefficient (Wildman–Crippen LogP) is 2.65. The van der Waals surface area contributed by atoms with E-state index in [4.69, 9.17) is 5.26 Å². The summed E-state index contributed by atoms with van der Waals surface area (Å²) in [5.41, 5.74) is 3.80. The maximum Gasteiger partial charge on any atom is 0.275 e. The molecule has 1 aromatic carbocycles. The summed E-state index contributed by atoms with van der Waals surface area (Å²) in [6.07, 6.45) is 1.58. The molecule has 1 aliphatic heterocycles. The van der Waals surface area contributed by atoms with Crippen molar-refractivity contribution >= 4 is 6.71 Å². The molecule has 5 heteroatoms. The lowest BCUT2D eigenvalue weighted by molar-refractivity contribution is 0.614. The highest BCUT2D eigenvalue weighted by Crippen LogP contribution is 2.28. The first kappa shape index (κ1) is 12.0. The number of halogens is 1. The molecular weight excluding hydrogens is 240 g/mol. The van der Waals surface area contributed by atoms with Crippen LogP contribution in [0.25, 0.3) is 11.3 Å². The smallest absolute Gasteiger partial charge is 0.270 e. The molecule has 3 nitrogen and oxygen atoms in total. The van der Waals surface area contributed by atoms with E-state index in [9.17, 15) is 4.39 Å². The molecule has 0 saturated heterocycles. The van der Waals surface area contributed by atoms with Gasteiger partial charge in [0.25, 0.3) is 6.71 Å². The van der Waals surface area contributed by atoms with E-state index in [-0.39, 0.29) is 12.5 Å². The average molecular weight is 253 g/mol. The fraction of sp³-hybridized carbons (Fsp3) is 0.286. The highest BCUT2D eigenvalue weighted by molar-refractivity contribution is 6.66. The second kappa shape index (κ2) is 4.54. The van der Waals surface area contributed by atoms with Gasteiger partial charge in [-0.05, 0) is 37.3 Å². The van der Waals surface area contributed by atoms with Crippen molar-refractivity contribution in [1.29, 1.82) is 5.26 Å². The molecule has 0 amide bonds. The Morgan fingerprint density at radius 1 is 1.47 bits per heavy atom. The van der Waals surface area contributed by atoms with Crippen molar-refractivity contribution in [3.05, 3.63) is 41.3 Å². The minimum absolute atomic E-state index is 0.0725. The first-order valence-electron chi connectivity index (χ1n) is 6.41. The van der Waals surface area contributed by atoms with Crippen LogP contribution in [0.5, 0.6) is 0 Å². The number of hydrogen-bond donors (Lipinski definition) is 0. The number of fused-ring (bicyclic) bond motifs is 1. The van der Waals surface area contributed by atoms with Gasteiger partial charge in [-0.3, -0.25) is 4.68 Å². The SMILES string of the molecule is Cc1c(-c2cccc(F)c2)nn2c1CB(C#N)CC2. The first-order valence-corrected chi connectivity index (χ1v) is 6.41. The van der Waals surface area contributed by atoms with Crippen LogP contribution in [0.1, 0.15) is 11.3 Å². The van der Waals surface area contributed by atoms with Crippen molar-refractivity contribution in [3.8, 4) is 17.2 Å². The van der Waals surface area contributed by atoms with E-state index in [0.29, 0.717) is 0 Å². The zero-order chi connectivity index (χ0) is 13.4. The Kier molecular flexibility index (Phi) is 2.86. The molecule has 0 fully saturated rings. The third-order valence-corrected chi connectivity index (χ3v) is 3.73. The molecule has 2 heterocycles. The maximum atomic E-state index is 13.3. The van der Waals surface area contributed by atoms with Crippen LogP contribution in [0.3, 0.4) is 0 Å². The quantitative estimate of drug-likeness (QED) is 0.733. The normalized spacial score (nSPS) is 14.1. The number of aromatic nitrogens is 2. The lowest BCUT2D eigenvalue weighted by Crippen LogP contribution is -2.26. The molecule has 1 aromatic heterocycles. The van der Waals surface area contributed by atoms with Gasteiger partial charge >= 0.3 is 0 Å². The van der Waals surface area contributed by atoms with E-state index in [1.807, 2.05) is 17.7 Å². The molecule has 2 aromatic rings. The van der Waals surface area contributed by atoms with Crippen molar-refractivity contribution in [2.45, 2.75) is 26.1 Å². The van der Waals surface area contributed by atoms with Crippen LogP contribution in [0, 0.1) is 24.0 Å². The van der Waals surface area contributed by atoms with Gasteiger partial charge in [0.1, 0.15) is 5.82 Å². The molecule has 94 valence electrons. The Balaban J connectivity index is 2.06. The molecule has 1 aliphatic rings. The van der Waals surface area contributed by atoms with Gasteiger partial charge in [-0.1, -0.05) is 12.1 Å². The minimum atomic E-state index is -0.252. The van der Waals surface area contributed by atoms with Crippen LogP contribution in [0.2, 0.25) is 6.32 Å². The molecule has 0 saturated carbocycles. The van der Waals surface area contributed by atoms with Crippen LogP contribution in [0.4, 0.5) is 4.39 Å². The zero-order valence-corrected chi connectivity index (χ0v) is 10.7. The topological polar surface area (TPSA) is 41.6 Å². The summed E-state index contributed by atoms with van der Waals surface area (Å²) < 4.78 is 15.3. The summed E-state index contributed by atoms with van der Waals surface area (Å²) in [6, 6.07) is 6.50. The highest BCUT2D eigenvalue weighted by atomic mass is 19.1. The molecular formula is C14H13BFN3. The maximum absolute atomic E-state index is 13.3. The summed E-state index contributed by atoms with van der Waals surface area (Å²) in [7, 11) is 0. The van der Waals surface area contributed by atoms with Gasteiger partial charge in [0.2, 0.25) is 0 Å². The van der Waals surface area contributed by atoms with Gasteiger partial charge in [-0.25, -0.2) is 9.65 Å². The number of hydrogen-bond acceptors (Lipinski definition) is 2. The van der Waals surface area contributed by atoms with Crippen molar-refractivity contribution in [3.63, 3.8) is 0 Å². The molecule has 19 heavy (non-hydrogen) atoms. The standard InChI is InChI=1S/C14H13BFN3/c1-10-13-8-15(9-17)5-6-19(13)18-14(10)11-3-2-4-12(16)7-11/h2-4,7H,5-6,8H2,1H3. The van der Waals surface area contributed by atoms with Crippen LogP contribution in [-0.2, 0) is 12.9 Å². The van der Waals surface area contributed by atoms with Crippen molar-refractivity contribution in [2.24, 2.45) is 0 Å². The first-order chi connectivity index (χ1) is 9.19. The van der Waals surface area contributed by atoms with Gasteiger partial charge in [-0.2, -0.15) is 5.10 Å². The van der Waals surface area contributed by atoms with E-state index in [0.717, 1.165) is 41.7 Å². The number of nitrogens with zero attached hydrogens (tertiary/aromatic N) is 3.